The second kappa shape index (κ2) is 13.3. The van der Waals surface area contributed by atoms with Gasteiger partial charge in [0.15, 0.2) is 11.6 Å². The zero-order valence-electron chi connectivity index (χ0n) is 26.2. The van der Waals surface area contributed by atoms with Gasteiger partial charge in [0.2, 0.25) is 0 Å². The van der Waals surface area contributed by atoms with E-state index >= 15 is 8.78 Å². The molecule has 47 heavy (non-hydrogen) atoms. The topological polar surface area (TPSA) is 121 Å². The molecule has 9 nitrogen and oxygen atoms in total. The van der Waals surface area contributed by atoms with E-state index in [9.17, 15) is 14.7 Å². The van der Waals surface area contributed by atoms with Crippen molar-refractivity contribution in [3.8, 4) is 22.9 Å². The Bertz CT molecular complexity index is 1940. The summed E-state index contributed by atoms with van der Waals surface area (Å²) in [5.41, 5.74) is 3.20. The van der Waals surface area contributed by atoms with Crippen LogP contribution in [-0.4, -0.2) is 57.2 Å². The number of aromatic nitrogens is 3. The molecule has 1 unspecified atom stereocenters. The number of carboxylic acid groups (broad SMARTS) is 1. The quantitative estimate of drug-likeness (QED) is 0.184. The normalized spacial score (nSPS) is 17.6. The van der Waals surface area contributed by atoms with Crippen molar-refractivity contribution >= 4 is 23.0 Å². The first-order valence-electron chi connectivity index (χ1n) is 15.6. The Morgan fingerprint density at radius 1 is 1.11 bits per heavy atom. The summed E-state index contributed by atoms with van der Waals surface area (Å²) in [5, 5.41) is 10.0. The molecule has 0 saturated carbocycles. The summed E-state index contributed by atoms with van der Waals surface area (Å²) in [7, 11) is 1.67. The number of aliphatic carboxylic acids is 1. The fourth-order valence-corrected chi connectivity index (χ4v) is 6.22. The number of cyclic esters (lactones) is 1. The van der Waals surface area contributed by atoms with Crippen molar-refractivity contribution in [3.63, 3.8) is 0 Å². The van der Waals surface area contributed by atoms with Crippen molar-refractivity contribution in [1.82, 2.24) is 19.9 Å². The zero-order valence-corrected chi connectivity index (χ0v) is 26.2. The number of aromatic amines is 2. The Kier molecular flexibility index (Phi) is 8.97. The summed E-state index contributed by atoms with van der Waals surface area (Å²) < 4.78 is 42.6. The lowest BCUT2D eigenvalue weighted by atomic mass is 9.75. The summed E-state index contributed by atoms with van der Waals surface area (Å²) in [6.45, 7) is 2.56. The molecule has 4 bridgehead atoms. The van der Waals surface area contributed by atoms with Crippen molar-refractivity contribution < 1.29 is 33.0 Å². The predicted molar refractivity (Wildman–Crippen MR) is 173 cm³/mol. The molecule has 3 heterocycles. The van der Waals surface area contributed by atoms with Crippen LogP contribution in [0.25, 0.3) is 22.3 Å². The van der Waals surface area contributed by atoms with Crippen molar-refractivity contribution in [2.24, 2.45) is 0 Å². The molecule has 0 radical (unpaired) electrons. The molecule has 1 amide bonds. The minimum atomic E-state index is -0.879. The maximum absolute atomic E-state index is 15.5. The highest BCUT2D eigenvalue weighted by Gasteiger charge is 2.32. The number of aryl methyl sites for hydroxylation is 2. The number of halogens is 2. The minimum Gasteiger partial charge on any atom is -0.481 e. The number of nitrogens with zero attached hydrogens (tertiary/aromatic N) is 2. The number of carbonyl (C=O) groups excluding carboxylic acids is 1. The Morgan fingerprint density at radius 2 is 1.96 bits per heavy atom. The van der Waals surface area contributed by atoms with Crippen molar-refractivity contribution in [2.45, 2.75) is 50.9 Å². The molecule has 0 spiro atoms. The van der Waals surface area contributed by atoms with Crippen LogP contribution in [0.1, 0.15) is 55.0 Å². The molecule has 11 heteroatoms. The number of rotatable bonds is 4. The van der Waals surface area contributed by atoms with E-state index in [0.29, 0.717) is 55.4 Å². The highest BCUT2D eigenvalue weighted by atomic mass is 19.1. The molecular weight excluding hydrogens is 606 g/mol. The van der Waals surface area contributed by atoms with Crippen LogP contribution in [-0.2, 0) is 27.8 Å². The average Bonchev–Trinajstić information content (AvgIpc) is 3.74. The molecule has 3 N–H and O–H groups in total. The van der Waals surface area contributed by atoms with Crippen LogP contribution in [0.4, 0.5) is 13.6 Å². The number of amides is 1. The second-order valence-corrected chi connectivity index (χ2v) is 12.2. The monoisotopic (exact) mass is 642 g/mol. The van der Waals surface area contributed by atoms with E-state index in [1.165, 1.54) is 29.2 Å². The van der Waals surface area contributed by atoms with Gasteiger partial charge in [-0.2, -0.15) is 0 Å². The van der Waals surface area contributed by atoms with Crippen LogP contribution in [0, 0.1) is 11.6 Å². The van der Waals surface area contributed by atoms with E-state index in [4.69, 9.17) is 9.47 Å². The molecule has 1 aliphatic rings. The van der Waals surface area contributed by atoms with Gasteiger partial charge in [-0.05, 0) is 74.4 Å². The Balaban J connectivity index is 1.42. The summed E-state index contributed by atoms with van der Waals surface area (Å²) >= 11 is 0. The molecule has 6 rings (SSSR count). The number of benzene rings is 3. The third-order valence-electron chi connectivity index (χ3n) is 8.92. The number of imidazole rings is 1. The first-order chi connectivity index (χ1) is 22.6. The van der Waals surface area contributed by atoms with Crippen LogP contribution in [0.2, 0.25) is 0 Å². The van der Waals surface area contributed by atoms with Gasteiger partial charge >= 0.3 is 12.1 Å². The maximum Gasteiger partial charge on any atom is 0.409 e. The van der Waals surface area contributed by atoms with E-state index in [1.54, 1.807) is 19.4 Å². The van der Waals surface area contributed by atoms with Gasteiger partial charge in [-0.3, -0.25) is 4.79 Å². The number of nitrogens with one attached hydrogen (secondary N) is 2. The van der Waals surface area contributed by atoms with E-state index in [2.05, 4.69) is 15.0 Å². The number of hydrogen-bond acceptors (Lipinski definition) is 5. The Morgan fingerprint density at radius 3 is 2.79 bits per heavy atom. The molecule has 244 valence electrons. The third kappa shape index (κ3) is 6.70. The van der Waals surface area contributed by atoms with Gasteiger partial charge in [-0.25, -0.2) is 18.6 Å². The van der Waals surface area contributed by atoms with Crippen molar-refractivity contribution in [3.05, 3.63) is 101 Å². The lowest BCUT2D eigenvalue weighted by Gasteiger charge is -2.30. The van der Waals surface area contributed by atoms with Crippen LogP contribution >= 0.6 is 0 Å². The van der Waals surface area contributed by atoms with Crippen molar-refractivity contribution in [1.29, 1.82) is 0 Å². The minimum absolute atomic E-state index is 0.0000299. The van der Waals surface area contributed by atoms with Crippen LogP contribution in [0.3, 0.4) is 0 Å². The Hall–Kier alpha value is -5.19. The highest BCUT2D eigenvalue weighted by Crippen LogP contribution is 2.39. The fourth-order valence-electron chi connectivity index (χ4n) is 6.22. The van der Waals surface area contributed by atoms with E-state index in [0.717, 1.165) is 16.5 Å². The summed E-state index contributed by atoms with van der Waals surface area (Å²) in [6, 6.07) is 15.1. The van der Waals surface area contributed by atoms with Crippen LogP contribution in [0.15, 0.2) is 67.0 Å². The third-order valence-corrected chi connectivity index (χ3v) is 8.92. The van der Waals surface area contributed by atoms with Gasteiger partial charge in [0.1, 0.15) is 17.4 Å². The highest BCUT2D eigenvalue weighted by molar-refractivity contribution is 5.85. The first kappa shape index (κ1) is 31.8. The molecule has 5 aromatic rings. The fraction of sp³-hybridized carbons (Fsp3) is 0.306. The predicted octanol–water partition coefficient (Wildman–Crippen LogP) is 7.75. The Labute approximate surface area is 270 Å². The molecule has 0 saturated heterocycles. The number of carboxylic acids is 1. The largest absolute Gasteiger partial charge is 0.481 e. The smallest absolute Gasteiger partial charge is 0.409 e. The molecule has 1 atom stereocenters. The number of fused-ring (bicyclic) bond motifs is 8. The SMILES string of the molecule is CN1CCCc2c(c(F)cc3[nH]ccc23)Oc2ccc(F)c(c2)-c2ncc([nH]2)C(C)(c2cccc(CCC(=O)O)c2)CCCOC1=O. The van der Waals surface area contributed by atoms with Gasteiger partial charge < -0.3 is 29.4 Å². The standard InChI is InChI=1S/C36H36F2N4O5/c1-36(23-7-3-6-22(18-23)9-12-32(43)44)14-5-17-46-35(45)42(2)16-4-8-26-25-13-15-39-30(25)20-29(38)33(26)47-24-10-11-28(37)27(19-24)34-40-21-31(36)41-34/h3,6-7,10-11,13,15,18-21,39H,4-5,8-9,12,14,16-17H2,1-2H3,(H,40,41)(H,43,44). The van der Waals surface area contributed by atoms with Crippen LogP contribution in [0.5, 0.6) is 11.5 Å². The lowest BCUT2D eigenvalue weighted by Crippen LogP contribution is -2.30. The lowest BCUT2D eigenvalue weighted by molar-refractivity contribution is -0.136. The molecule has 0 fully saturated rings. The van der Waals surface area contributed by atoms with E-state index in [1.807, 2.05) is 37.3 Å². The van der Waals surface area contributed by atoms with Gasteiger partial charge in [0.05, 0.1) is 12.2 Å². The van der Waals surface area contributed by atoms with Crippen molar-refractivity contribution in [2.75, 3.05) is 20.2 Å². The molecule has 1 aliphatic heterocycles. The van der Waals surface area contributed by atoms with E-state index in [-0.39, 0.29) is 35.9 Å². The molecule has 0 aliphatic carbocycles. The average molecular weight is 643 g/mol. The van der Waals surface area contributed by atoms with Gasteiger partial charge in [0, 0.05) is 66.0 Å². The van der Waals surface area contributed by atoms with Gasteiger partial charge in [-0.15, -0.1) is 0 Å². The van der Waals surface area contributed by atoms with E-state index < -0.39 is 29.1 Å². The number of H-pyrrole nitrogens is 2. The summed E-state index contributed by atoms with van der Waals surface area (Å²) in [6.07, 6.45) is 5.28. The maximum atomic E-state index is 15.5. The molecular formula is C36H36F2N4O5. The molecule has 2 aromatic heterocycles. The number of ether oxygens (including phenoxy) is 2. The zero-order chi connectivity index (χ0) is 33.1. The second-order valence-electron chi connectivity index (χ2n) is 12.2. The summed E-state index contributed by atoms with van der Waals surface area (Å²) in [4.78, 5) is 36.5. The first-order valence-corrected chi connectivity index (χ1v) is 15.6. The summed E-state index contributed by atoms with van der Waals surface area (Å²) in [5.74, 6) is -1.44. The van der Waals surface area contributed by atoms with Crippen LogP contribution < -0.4 is 4.74 Å². The van der Waals surface area contributed by atoms with Gasteiger partial charge in [-0.1, -0.05) is 24.3 Å². The molecule has 3 aromatic carbocycles. The number of hydrogen-bond donors (Lipinski definition) is 3. The number of carbonyl (C=O) groups is 2. The van der Waals surface area contributed by atoms with Gasteiger partial charge in [0.25, 0.3) is 0 Å².